The van der Waals surface area contributed by atoms with Gasteiger partial charge in [-0.25, -0.2) is 4.79 Å². The summed E-state index contributed by atoms with van der Waals surface area (Å²) in [6, 6.07) is 0. The number of carbonyl (C=O) groups is 1. The van der Waals surface area contributed by atoms with Crippen LogP contribution in [0.3, 0.4) is 0 Å². The van der Waals surface area contributed by atoms with Crippen molar-refractivity contribution >= 4 is 21.9 Å². The number of carbonyl (C=O) groups excluding carboxylic acids is 1. The first-order chi connectivity index (χ1) is 7.25. The maximum atomic E-state index is 11.0. The molecule has 0 aromatic carbocycles. The van der Waals surface area contributed by atoms with E-state index in [1.54, 1.807) is 0 Å². The molecule has 0 atom stereocenters. The van der Waals surface area contributed by atoms with Gasteiger partial charge in [-0.05, 0) is 22.4 Å². The number of unbranched alkanes of at least 4 members (excludes halogenated alkanes) is 4. The molecule has 2 nitrogen and oxygen atoms in total. The Kier molecular flexibility index (Phi) is 5.49. The molecule has 1 aliphatic rings. The SMILES string of the molecule is CCCCCCC#CC1=C(Br)C(=O)OC1. The summed E-state index contributed by atoms with van der Waals surface area (Å²) < 4.78 is 5.30. The van der Waals surface area contributed by atoms with E-state index in [0.717, 1.165) is 18.4 Å². The second kappa shape index (κ2) is 6.68. The topological polar surface area (TPSA) is 26.3 Å². The van der Waals surface area contributed by atoms with Crippen LogP contribution in [-0.4, -0.2) is 12.6 Å². The van der Waals surface area contributed by atoms with Crippen molar-refractivity contribution in [3.05, 3.63) is 10.1 Å². The Morgan fingerprint density at radius 1 is 1.40 bits per heavy atom. The summed E-state index contributed by atoms with van der Waals surface area (Å²) in [5.74, 6) is 5.74. The molecular weight excluding hydrogens is 256 g/mol. The van der Waals surface area contributed by atoms with Crippen LogP contribution in [0.4, 0.5) is 0 Å². The van der Waals surface area contributed by atoms with Gasteiger partial charge >= 0.3 is 5.97 Å². The molecule has 0 bridgehead atoms. The molecule has 1 rings (SSSR count). The number of rotatable bonds is 4. The van der Waals surface area contributed by atoms with Crippen LogP contribution < -0.4 is 0 Å². The van der Waals surface area contributed by atoms with Crippen molar-refractivity contribution in [3.63, 3.8) is 0 Å². The average Bonchev–Trinajstić information content (AvgIpc) is 2.54. The van der Waals surface area contributed by atoms with Crippen molar-refractivity contribution in [2.45, 2.75) is 39.0 Å². The normalized spacial score (nSPS) is 14.9. The Balaban J connectivity index is 2.29. The van der Waals surface area contributed by atoms with E-state index in [-0.39, 0.29) is 5.97 Å². The van der Waals surface area contributed by atoms with Crippen LogP contribution in [0.2, 0.25) is 0 Å². The molecule has 15 heavy (non-hydrogen) atoms. The summed E-state index contributed by atoms with van der Waals surface area (Å²) in [6.07, 6.45) is 5.79. The lowest BCUT2D eigenvalue weighted by Gasteiger charge is -1.92. The molecule has 0 aromatic rings. The molecule has 0 spiro atoms. The first kappa shape index (κ1) is 12.3. The molecule has 0 amide bonds. The molecule has 0 radical (unpaired) electrons. The zero-order valence-electron chi connectivity index (χ0n) is 8.94. The van der Waals surface area contributed by atoms with Crippen LogP contribution in [0.25, 0.3) is 0 Å². The molecule has 0 aromatic heterocycles. The van der Waals surface area contributed by atoms with E-state index in [4.69, 9.17) is 4.74 Å². The number of cyclic esters (lactones) is 1. The van der Waals surface area contributed by atoms with Gasteiger partial charge < -0.3 is 4.74 Å². The van der Waals surface area contributed by atoms with E-state index in [1.165, 1.54) is 19.3 Å². The fraction of sp³-hybridized carbons (Fsp3) is 0.583. The van der Waals surface area contributed by atoms with Gasteiger partial charge in [-0.2, -0.15) is 0 Å². The van der Waals surface area contributed by atoms with E-state index < -0.39 is 0 Å². The van der Waals surface area contributed by atoms with Gasteiger partial charge in [-0.1, -0.05) is 38.0 Å². The molecule has 0 aliphatic carbocycles. The second-order valence-electron chi connectivity index (χ2n) is 3.48. The maximum absolute atomic E-state index is 11.0. The van der Waals surface area contributed by atoms with Crippen molar-refractivity contribution in [2.24, 2.45) is 0 Å². The highest BCUT2D eigenvalue weighted by atomic mass is 79.9. The smallest absolute Gasteiger partial charge is 0.346 e. The molecule has 82 valence electrons. The van der Waals surface area contributed by atoms with Crippen molar-refractivity contribution < 1.29 is 9.53 Å². The quantitative estimate of drug-likeness (QED) is 0.446. The van der Waals surface area contributed by atoms with Gasteiger partial charge in [-0.3, -0.25) is 0 Å². The summed E-state index contributed by atoms with van der Waals surface area (Å²) in [5, 5.41) is 0. The molecule has 0 fully saturated rings. The third-order valence-electron chi connectivity index (χ3n) is 2.19. The number of hydrogen-bond acceptors (Lipinski definition) is 2. The lowest BCUT2D eigenvalue weighted by Crippen LogP contribution is -1.93. The van der Waals surface area contributed by atoms with Gasteiger partial charge in [0.15, 0.2) is 0 Å². The first-order valence-electron chi connectivity index (χ1n) is 5.30. The van der Waals surface area contributed by atoms with Crippen LogP contribution in [0.1, 0.15) is 39.0 Å². The molecule has 1 aliphatic heterocycles. The summed E-state index contributed by atoms with van der Waals surface area (Å²) >= 11 is 3.17. The number of hydrogen-bond donors (Lipinski definition) is 0. The van der Waals surface area contributed by atoms with Crippen molar-refractivity contribution in [2.75, 3.05) is 6.61 Å². The summed E-state index contributed by atoms with van der Waals surface area (Å²) in [5.41, 5.74) is 0.774. The number of ether oxygens (including phenoxy) is 1. The van der Waals surface area contributed by atoms with Gasteiger partial charge in [0.25, 0.3) is 0 Å². The molecule has 0 saturated heterocycles. The third kappa shape index (κ3) is 4.09. The van der Waals surface area contributed by atoms with Gasteiger partial charge in [0.1, 0.15) is 11.1 Å². The first-order valence-corrected chi connectivity index (χ1v) is 6.09. The Labute approximate surface area is 99.2 Å². The minimum absolute atomic E-state index is 0.301. The molecule has 0 saturated carbocycles. The predicted molar refractivity (Wildman–Crippen MR) is 63.4 cm³/mol. The molecule has 0 N–H and O–H groups in total. The van der Waals surface area contributed by atoms with Gasteiger partial charge in [0.05, 0.1) is 5.57 Å². The third-order valence-corrected chi connectivity index (χ3v) is 2.99. The summed E-state index contributed by atoms with van der Waals surface area (Å²) in [4.78, 5) is 11.0. The second-order valence-corrected chi connectivity index (χ2v) is 4.27. The maximum Gasteiger partial charge on any atom is 0.346 e. The highest BCUT2D eigenvalue weighted by Gasteiger charge is 2.20. The monoisotopic (exact) mass is 270 g/mol. The van der Waals surface area contributed by atoms with Crippen LogP contribution in [-0.2, 0) is 9.53 Å². The van der Waals surface area contributed by atoms with E-state index in [9.17, 15) is 4.79 Å². The van der Waals surface area contributed by atoms with Gasteiger partial charge in [-0.15, -0.1) is 0 Å². The standard InChI is InChI=1S/C12H15BrO2/c1-2-3-4-5-6-7-8-10-9-15-12(14)11(10)13/h2-6,9H2,1H3. The Bertz CT molecular complexity index is 320. The summed E-state index contributed by atoms with van der Waals surface area (Å²) in [6.45, 7) is 2.51. The average molecular weight is 271 g/mol. The Morgan fingerprint density at radius 2 is 2.20 bits per heavy atom. The minimum atomic E-state index is -0.301. The van der Waals surface area contributed by atoms with E-state index in [1.807, 2.05) is 0 Å². The number of esters is 1. The van der Waals surface area contributed by atoms with Crippen LogP contribution in [0, 0.1) is 11.8 Å². The molecular formula is C12H15BrO2. The zero-order chi connectivity index (χ0) is 11.1. The molecule has 3 heteroatoms. The minimum Gasteiger partial charge on any atom is -0.456 e. The predicted octanol–water partition coefficient (Wildman–Crippen LogP) is 3.17. The molecule has 1 heterocycles. The van der Waals surface area contributed by atoms with E-state index in [0.29, 0.717) is 11.1 Å². The zero-order valence-corrected chi connectivity index (χ0v) is 10.5. The Hall–Kier alpha value is -0.750. The van der Waals surface area contributed by atoms with Crippen molar-refractivity contribution in [1.29, 1.82) is 0 Å². The lowest BCUT2D eigenvalue weighted by atomic mass is 10.1. The Morgan fingerprint density at radius 3 is 2.80 bits per heavy atom. The fourth-order valence-corrected chi connectivity index (χ4v) is 1.62. The van der Waals surface area contributed by atoms with E-state index >= 15 is 0 Å². The van der Waals surface area contributed by atoms with Crippen LogP contribution >= 0.6 is 15.9 Å². The van der Waals surface area contributed by atoms with Crippen molar-refractivity contribution in [1.82, 2.24) is 0 Å². The lowest BCUT2D eigenvalue weighted by molar-refractivity contribution is -0.135. The largest absolute Gasteiger partial charge is 0.456 e. The molecule has 0 unspecified atom stereocenters. The number of halogens is 1. The van der Waals surface area contributed by atoms with Crippen LogP contribution in [0.15, 0.2) is 10.1 Å². The fourth-order valence-electron chi connectivity index (χ4n) is 1.29. The van der Waals surface area contributed by atoms with Crippen LogP contribution in [0.5, 0.6) is 0 Å². The van der Waals surface area contributed by atoms with E-state index in [2.05, 4.69) is 34.7 Å². The highest BCUT2D eigenvalue weighted by molar-refractivity contribution is 9.12. The van der Waals surface area contributed by atoms with Crippen molar-refractivity contribution in [3.8, 4) is 11.8 Å². The van der Waals surface area contributed by atoms with Gasteiger partial charge in [0.2, 0.25) is 0 Å². The summed E-state index contributed by atoms with van der Waals surface area (Å²) in [7, 11) is 0. The highest BCUT2D eigenvalue weighted by Crippen LogP contribution is 2.20. The van der Waals surface area contributed by atoms with Gasteiger partial charge in [0, 0.05) is 6.42 Å².